The van der Waals surface area contributed by atoms with Gasteiger partial charge in [0, 0.05) is 47.3 Å². The van der Waals surface area contributed by atoms with Gasteiger partial charge in [0.05, 0.1) is 29.0 Å². The molecule has 0 bridgehead atoms. The summed E-state index contributed by atoms with van der Waals surface area (Å²) in [5.41, 5.74) is 2.74. The Balaban J connectivity index is 1.38. The van der Waals surface area contributed by atoms with Crippen LogP contribution in [0, 0.1) is 13.8 Å². The molecule has 39 heavy (non-hydrogen) atoms. The number of carbonyl (C=O) groups is 1. The van der Waals surface area contributed by atoms with Crippen molar-refractivity contribution >= 4 is 23.2 Å². The standard InChI is InChI=1S/C28H22F3N7O/c1-17-5-6-19(12-24(17)37-27-33-11-9-23(36-27)20-4-3-10-32-14-20)26(39)35-21-7-8-25(22(13-21)28(29,30)31)38-15-18(2)34-16-38/h3-16H,1-2H3,(H,35,39)(H,33,36,37). The predicted molar refractivity (Wildman–Crippen MR) is 141 cm³/mol. The van der Waals surface area contributed by atoms with Crippen molar-refractivity contribution in [2.24, 2.45) is 0 Å². The number of nitrogens with zero attached hydrogens (tertiary/aromatic N) is 5. The van der Waals surface area contributed by atoms with Gasteiger partial charge in [-0.25, -0.2) is 15.0 Å². The maximum Gasteiger partial charge on any atom is 0.418 e. The van der Waals surface area contributed by atoms with E-state index >= 15 is 0 Å². The highest BCUT2D eigenvalue weighted by molar-refractivity contribution is 6.05. The van der Waals surface area contributed by atoms with E-state index in [1.54, 1.807) is 55.8 Å². The molecule has 0 aliphatic rings. The number of hydrogen-bond donors (Lipinski definition) is 2. The van der Waals surface area contributed by atoms with E-state index in [0.717, 1.165) is 17.2 Å². The molecule has 0 atom stereocenters. The van der Waals surface area contributed by atoms with Crippen molar-refractivity contribution in [1.29, 1.82) is 0 Å². The Hall–Kier alpha value is -5.06. The van der Waals surface area contributed by atoms with Crippen LogP contribution in [0.5, 0.6) is 0 Å². The maximum atomic E-state index is 13.9. The van der Waals surface area contributed by atoms with Crippen LogP contribution in [0.1, 0.15) is 27.2 Å². The molecule has 1 amide bonds. The SMILES string of the molecule is Cc1cn(-c2ccc(NC(=O)c3ccc(C)c(Nc4nccc(-c5cccnc5)n4)c3)cc2C(F)(F)F)cn1. The van der Waals surface area contributed by atoms with Crippen molar-refractivity contribution in [3.05, 3.63) is 108 Å². The molecule has 0 aliphatic heterocycles. The fourth-order valence-corrected chi connectivity index (χ4v) is 3.93. The Bertz CT molecular complexity index is 1650. The number of hydrogen-bond acceptors (Lipinski definition) is 6. The average molecular weight is 530 g/mol. The molecule has 0 saturated heterocycles. The fraction of sp³-hybridized carbons (Fsp3) is 0.107. The number of aromatic nitrogens is 5. The number of benzene rings is 2. The van der Waals surface area contributed by atoms with Gasteiger partial charge in [-0.15, -0.1) is 0 Å². The second-order valence-electron chi connectivity index (χ2n) is 8.77. The number of anilines is 3. The lowest BCUT2D eigenvalue weighted by atomic mass is 10.1. The molecular formula is C28H22F3N7O. The summed E-state index contributed by atoms with van der Waals surface area (Å²) in [5, 5.41) is 5.68. The van der Waals surface area contributed by atoms with Crippen LogP contribution >= 0.6 is 0 Å². The molecule has 0 unspecified atom stereocenters. The van der Waals surface area contributed by atoms with Crippen molar-refractivity contribution in [3.8, 4) is 16.9 Å². The normalized spacial score (nSPS) is 11.3. The molecular weight excluding hydrogens is 507 g/mol. The topological polar surface area (TPSA) is 97.6 Å². The Kier molecular flexibility index (Phi) is 6.80. The molecule has 5 aromatic rings. The Morgan fingerprint density at radius 1 is 0.974 bits per heavy atom. The van der Waals surface area contributed by atoms with Crippen molar-refractivity contribution in [2.45, 2.75) is 20.0 Å². The van der Waals surface area contributed by atoms with Crippen LogP contribution in [-0.4, -0.2) is 30.4 Å². The Labute approximate surface area is 221 Å². The van der Waals surface area contributed by atoms with Crippen LogP contribution in [0.2, 0.25) is 0 Å². The first-order chi connectivity index (χ1) is 18.7. The molecule has 196 valence electrons. The first kappa shape index (κ1) is 25.6. The predicted octanol–water partition coefficient (Wildman–Crippen LogP) is 6.36. The molecule has 11 heteroatoms. The smallest absolute Gasteiger partial charge is 0.324 e. The quantitative estimate of drug-likeness (QED) is 0.266. The van der Waals surface area contributed by atoms with Crippen LogP contribution in [0.3, 0.4) is 0 Å². The summed E-state index contributed by atoms with van der Waals surface area (Å²) in [7, 11) is 0. The summed E-state index contributed by atoms with van der Waals surface area (Å²) in [6.07, 6.45) is 3.14. The molecule has 0 fully saturated rings. The average Bonchev–Trinajstić information content (AvgIpc) is 3.36. The second kappa shape index (κ2) is 10.4. The van der Waals surface area contributed by atoms with Crippen LogP contribution in [0.15, 0.2) is 85.7 Å². The summed E-state index contributed by atoms with van der Waals surface area (Å²) in [4.78, 5) is 29.9. The number of rotatable bonds is 6. The van der Waals surface area contributed by atoms with E-state index < -0.39 is 17.6 Å². The monoisotopic (exact) mass is 529 g/mol. The summed E-state index contributed by atoms with van der Waals surface area (Å²) in [6.45, 7) is 3.54. The van der Waals surface area contributed by atoms with E-state index in [-0.39, 0.29) is 16.9 Å². The fourth-order valence-electron chi connectivity index (χ4n) is 3.93. The lowest BCUT2D eigenvalue weighted by molar-refractivity contribution is -0.137. The van der Waals surface area contributed by atoms with E-state index in [1.807, 2.05) is 13.0 Å². The van der Waals surface area contributed by atoms with Crippen molar-refractivity contribution in [2.75, 3.05) is 10.6 Å². The van der Waals surface area contributed by atoms with Gasteiger partial charge in [-0.05, 0) is 67.9 Å². The van der Waals surface area contributed by atoms with Gasteiger partial charge in [-0.1, -0.05) is 6.07 Å². The third-order valence-corrected chi connectivity index (χ3v) is 5.91. The van der Waals surface area contributed by atoms with Crippen LogP contribution < -0.4 is 10.6 Å². The van der Waals surface area contributed by atoms with Gasteiger partial charge in [-0.3, -0.25) is 9.78 Å². The number of halogens is 3. The summed E-state index contributed by atoms with van der Waals surface area (Å²) < 4.78 is 42.9. The van der Waals surface area contributed by atoms with Gasteiger partial charge in [0.2, 0.25) is 5.95 Å². The maximum absolute atomic E-state index is 13.9. The summed E-state index contributed by atoms with van der Waals surface area (Å²) >= 11 is 0. The molecule has 0 aliphatic carbocycles. The van der Waals surface area contributed by atoms with E-state index in [9.17, 15) is 18.0 Å². The summed E-state index contributed by atoms with van der Waals surface area (Å²) in [6, 6.07) is 14.0. The number of carbonyl (C=O) groups excluding carboxylic acids is 1. The number of nitrogens with one attached hydrogen (secondary N) is 2. The largest absolute Gasteiger partial charge is 0.418 e. The zero-order valence-corrected chi connectivity index (χ0v) is 20.9. The number of aryl methyl sites for hydroxylation is 2. The minimum absolute atomic E-state index is 0.00972. The van der Waals surface area contributed by atoms with Crippen molar-refractivity contribution in [1.82, 2.24) is 24.5 Å². The number of alkyl halides is 3. The number of pyridine rings is 1. The zero-order chi connectivity index (χ0) is 27.6. The lowest BCUT2D eigenvalue weighted by Crippen LogP contribution is -2.15. The first-order valence-electron chi connectivity index (χ1n) is 11.8. The first-order valence-corrected chi connectivity index (χ1v) is 11.8. The van der Waals surface area contributed by atoms with Gasteiger partial charge in [-0.2, -0.15) is 13.2 Å². The van der Waals surface area contributed by atoms with Crippen LogP contribution in [0.25, 0.3) is 16.9 Å². The van der Waals surface area contributed by atoms with Crippen molar-refractivity contribution < 1.29 is 18.0 Å². The van der Waals surface area contributed by atoms with Gasteiger partial charge >= 0.3 is 6.18 Å². The number of imidazole rings is 1. The molecule has 2 N–H and O–H groups in total. The van der Waals surface area contributed by atoms with E-state index in [2.05, 4.69) is 30.6 Å². The third kappa shape index (κ3) is 5.77. The van der Waals surface area contributed by atoms with Crippen LogP contribution in [-0.2, 0) is 6.18 Å². The van der Waals surface area contributed by atoms with Crippen molar-refractivity contribution in [3.63, 3.8) is 0 Å². The van der Waals surface area contributed by atoms with Gasteiger partial charge in [0.25, 0.3) is 5.91 Å². The minimum Gasteiger partial charge on any atom is -0.324 e. The molecule has 0 radical (unpaired) electrons. The highest BCUT2D eigenvalue weighted by atomic mass is 19.4. The molecule has 8 nitrogen and oxygen atoms in total. The Morgan fingerprint density at radius 3 is 2.54 bits per heavy atom. The zero-order valence-electron chi connectivity index (χ0n) is 20.9. The second-order valence-corrected chi connectivity index (χ2v) is 8.77. The lowest BCUT2D eigenvalue weighted by Gasteiger charge is -2.16. The number of amides is 1. The Morgan fingerprint density at radius 2 is 1.82 bits per heavy atom. The third-order valence-electron chi connectivity index (χ3n) is 5.91. The van der Waals surface area contributed by atoms with Gasteiger partial charge < -0.3 is 15.2 Å². The molecule has 5 rings (SSSR count). The molecule has 0 saturated carbocycles. The molecule has 3 heterocycles. The van der Waals surface area contributed by atoms with Crippen LogP contribution in [0.4, 0.5) is 30.5 Å². The highest BCUT2D eigenvalue weighted by Crippen LogP contribution is 2.36. The van der Waals surface area contributed by atoms with E-state index in [1.165, 1.54) is 29.2 Å². The molecule has 0 spiro atoms. The molecule has 2 aromatic carbocycles. The minimum atomic E-state index is -4.64. The highest BCUT2D eigenvalue weighted by Gasteiger charge is 2.34. The van der Waals surface area contributed by atoms with Gasteiger partial charge in [0.15, 0.2) is 0 Å². The van der Waals surface area contributed by atoms with E-state index in [0.29, 0.717) is 23.0 Å². The van der Waals surface area contributed by atoms with Gasteiger partial charge in [0.1, 0.15) is 0 Å². The summed E-state index contributed by atoms with van der Waals surface area (Å²) in [5.74, 6) is -0.250. The van der Waals surface area contributed by atoms with E-state index in [4.69, 9.17) is 0 Å². The molecule has 3 aromatic heterocycles.